The van der Waals surface area contributed by atoms with Crippen molar-refractivity contribution in [2.75, 3.05) is 12.4 Å². The van der Waals surface area contributed by atoms with Crippen LogP contribution in [0.3, 0.4) is 0 Å². The monoisotopic (exact) mass is 274 g/mol. The number of carbonyl (C=O) groups excluding carboxylic acids is 1. The van der Waals surface area contributed by atoms with Crippen LogP contribution in [0.5, 0.6) is 0 Å². The molecule has 5 heteroatoms. The molecule has 104 valence electrons. The second-order valence-corrected chi connectivity index (χ2v) is 4.20. The molecule has 2 aromatic carbocycles. The first-order valence-electron chi connectivity index (χ1n) is 6.07. The molecule has 0 saturated carbocycles. The van der Waals surface area contributed by atoms with E-state index in [0.29, 0.717) is 16.8 Å². The second-order valence-electron chi connectivity index (χ2n) is 4.20. The zero-order chi connectivity index (χ0) is 14.5. The SMILES string of the molecule is COC(=O)Nc1ccccc1C(N)c1ccccc1F. The number of rotatable bonds is 3. The molecule has 0 spiro atoms. The summed E-state index contributed by atoms with van der Waals surface area (Å²) in [4.78, 5) is 11.3. The zero-order valence-corrected chi connectivity index (χ0v) is 11.0. The van der Waals surface area contributed by atoms with Gasteiger partial charge in [0.1, 0.15) is 5.82 Å². The van der Waals surface area contributed by atoms with E-state index in [2.05, 4.69) is 10.1 Å². The Morgan fingerprint density at radius 2 is 1.75 bits per heavy atom. The number of para-hydroxylation sites is 1. The minimum absolute atomic E-state index is 0.367. The van der Waals surface area contributed by atoms with Gasteiger partial charge in [0.05, 0.1) is 13.2 Å². The van der Waals surface area contributed by atoms with Gasteiger partial charge >= 0.3 is 6.09 Å². The summed E-state index contributed by atoms with van der Waals surface area (Å²) in [6.45, 7) is 0. The number of nitrogens with two attached hydrogens (primary N) is 1. The third-order valence-corrected chi connectivity index (χ3v) is 2.96. The maximum absolute atomic E-state index is 13.8. The normalized spacial score (nSPS) is 11.8. The summed E-state index contributed by atoms with van der Waals surface area (Å²) >= 11 is 0. The van der Waals surface area contributed by atoms with E-state index < -0.39 is 12.1 Å². The lowest BCUT2D eigenvalue weighted by molar-refractivity contribution is 0.187. The number of hydrogen-bond acceptors (Lipinski definition) is 3. The number of nitrogens with one attached hydrogen (secondary N) is 1. The van der Waals surface area contributed by atoms with Crippen LogP contribution in [0.25, 0.3) is 0 Å². The summed E-state index contributed by atoms with van der Waals surface area (Å²) in [5, 5.41) is 2.57. The van der Waals surface area contributed by atoms with Crippen LogP contribution in [0.2, 0.25) is 0 Å². The van der Waals surface area contributed by atoms with Crippen LogP contribution in [0.4, 0.5) is 14.9 Å². The number of anilines is 1. The Labute approximate surface area is 116 Å². The van der Waals surface area contributed by atoms with Gasteiger partial charge in [0.15, 0.2) is 0 Å². The topological polar surface area (TPSA) is 64.3 Å². The molecule has 0 fully saturated rings. The third kappa shape index (κ3) is 2.95. The molecule has 3 N–H and O–H groups in total. The van der Waals surface area contributed by atoms with Crippen molar-refractivity contribution in [3.8, 4) is 0 Å². The largest absolute Gasteiger partial charge is 0.453 e. The molecule has 0 aliphatic heterocycles. The molecule has 4 nitrogen and oxygen atoms in total. The van der Waals surface area contributed by atoms with Crippen LogP contribution < -0.4 is 11.1 Å². The molecule has 0 saturated heterocycles. The Morgan fingerprint density at radius 1 is 1.15 bits per heavy atom. The molecule has 0 aromatic heterocycles. The van der Waals surface area contributed by atoms with Crippen LogP contribution in [0, 0.1) is 5.82 Å². The quantitative estimate of drug-likeness (QED) is 0.904. The summed E-state index contributed by atoms with van der Waals surface area (Å²) in [5.41, 5.74) is 7.58. The van der Waals surface area contributed by atoms with Crippen molar-refractivity contribution in [1.29, 1.82) is 0 Å². The predicted molar refractivity (Wildman–Crippen MR) is 74.9 cm³/mol. The van der Waals surface area contributed by atoms with Crippen molar-refractivity contribution in [3.63, 3.8) is 0 Å². The van der Waals surface area contributed by atoms with Crippen LogP contribution in [0.1, 0.15) is 17.2 Å². The molecule has 20 heavy (non-hydrogen) atoms. The number of amides is 1. The Bertz CT molecular complexity index is 616. The van der Waals surface area contributed by atoms with Gasteiger partial charge in [-0.05, 0) is 17.7 Å². The van der Waals surface area contributed by atoms with Crippen LogP contribution in [-0.2, 0) is 4.74 Å². The van der Waals surface area contributed by atoms with Gasteiger partial charge in [-0.15, -0.1) is 0 Å². The molecule has 2 aromatic rings. The van der Waals surface area contributed by atoms with Gasteiger partial charge in [0.25, 0.3) is 0 Å². The molecule has 2 rings (SSSR count). The van der Waals surface area contributed by atoms with Crippen LogP contribution in [0.15, 0.2) is 48.5 Å². The van der Waals surface area contributed by atoms with Crippen molar-refractivity contribution in [2.24, 2.45) is 5.73 Å². The van der Waals surface area contributed by atoms with E-state index in [1.807, 2.05) is 0 Å². The van der Waals surface area contributed by atoms with E-state index in [4.69, 9.17) is 5.73 Å². The van der Waals surface area contributed by atoms with Crippen molar-refractivity contribution in [1.82, 2.24) is 0 Å². The number of benzene rings is 2. The molecular weight excluding hydrogens is 259 g/mol. The highest BCUT2D eigenvalue weighted by atomic mass is 19.1. The lowest BCUT2D eigenvalue weighted by Gasteiger charge is -2.17. The van der Waals surface area contributed by atoms with Crippen molar-refractivity contribution in [3.05, 3.63) is 65.5 Å². The van der Waals surface area contributed by atoms with Gasteiger partial charge in [0.2, 0.25) is 0 Å². The molecule has 0 bridgehead atoms. The first kappa shape index (κ1) is 14.0. The standard InChI is InChI=1S/C15H15FN2O2/c1-20-15(19)18-13-9-5-3-7-11(13)14(17)10-6-2-4-8-12(10)16/h2-9,14H,17H2,1H3,(H,18,19). The van der Waals surface area contributed by atoms with Gasteiger partial charge in [-0.1, -0.05) is 36.4 Å². The summed E-state index contributed by atoms with van der Waals surface area (Å²) in [7, 11) is 1.27. The molecule has 1 atom stereocenters. The highest BCUT2D eigenvalue weighted by Crippen LogP contribution is 2.27. The Kier molecular flexibility index (Phi) is 4.32. The number of carbonyl (C=O) groups is 1. The summed E-state index contributed by atoms with van der Waals surface area (Å²) in [5.74, 6) is -0.382. The molecule has 0 aliphatic carbocycles. The Hall–Kier alpha value is -2.40. The molecule has 0 heterocycles. The lowest BCUT2D eigenvalue weighted by atomic mass is 9.97. The fraction of sp³-hybridized carbons (Fsp3) is 0.133. The summed E-state index contributed by atoms with van der Waals surface area (Å²) < 4.78 is 18.3. The lowest BCUT2D eigenvalue weighted by Crippen LogP contribution is -2.18. The number of ether oxygens (including phenoxy) is 1. The molecule has 1 amide bonds. The van der Waals surface area contributed by atoms with Crippen molar-refractivity contribution in [2.45, 2.75) is 6.04 Å². The smallest absolute Gasteiger partial charge is 0.411 e. The molecule has 0 radical (unpaired) electrons. The Balaban J connectivity index is 2.37. The zero-order valence-electron chi connectivity index (χ0n) is 11.0. The number of hydrogen-bond donors (Lipinski definition) is 2. The Morgan fingerprint density at radius 3 is 2.40 bits per heavy atom. The van der Waals surface area contributed by atoms with Crippen LogP contribution in [-0.4, -0.2) is 13.2 Å². The van der Waals surface area contributed by atoms with Gasteiger partial charge in [0, 0.05) is 11.3 Å². The van der Waals surface area contributed by atoms with E-state index in [1.165, 1.54) is 13.2 Å². The average molecular weight is 274 g/mol. The number of halogens is 1. The predicted octanol–water partition coefficient (Wildman–Crippen LogP) is 3.05. The third-order valence-electron chi connectivity index (χ3n) is 2.96. The second kappa shape index (κ2) is 6.16. The molecule has 1 unspecified atom stereocenters. The maximum atomic E-state index is 13.8. The molecule has 0 aliphatic rings. The van der Waals surface area contributed by atoms with Gasteiger partial charge in [-0.25, -0.2) is 9.18 Å². The maximum Gasteiger partial charge on any atom is 0.411 e. The summed E-state index contributed by atoms with van der Waals surface area (Å²) in [6.07, 6.45) is -0.599. The van der Waals surface area contributed by atoms with Gasteiger partial charge < -0.3 is 10.5 Å². The molecular formula is C15H15FN2O2. The van der Waals surface area contributed by atoms with E-state index >= 15 is 0 Å². The fourth-order valence-electron chi connectivity index (χ4n) is 1.94. The van der Waals surface area contributed by atoms with E-state index in [9.17, 15) is 9.18 Å². The number of methoxy groups -OCH3 is 1. The minimum Gasteiger partial charge on any atom is -0.453 e. The van der Waals surface area contributed by atoms with E-state index in [1.54, 1.807) is 42.5 Å². The van der Waals surface area contributed by atoms with Crippen LogP contribution >= 0.6 is 0 Å². The summed E-state index contributed by atoms with van der Waals surface area (Å²) in [6, 6.07) is 12.6. The minimum atomic E-state index is -0.676. The highest BCUT2D eigenvalue weighted by molar-refractivity contribution is 5.85. The fourth-order valence-corrected chi connectivity index (χ4v) is 1.94. The van der Waals surface area contributed by atoms with Gasteiger partial charge in [-0.2, -0.15) is 0 Å². The van der Waals surface area contributed by atoms with E-state index in [-0.39, 0.29) is 5.82 Å². The van der Waals surface area contributed by atoms with E-state index in [0.717, 1.165) is 0 Å². The highest BCUT2D eigenvalue weighted by Gasteiger charge is 2.17. The first-order valence-corrected chi connectivity index (χ1v) is 6.07. The van der Waals surface area contributed by atoms with Crippen molar-refractivity contribution < 1.29 is 13.9 Å². The first-order chi connectivity index (χ1) is 9.63. The van der Waals surface area contributed by atoms with Gasteiger partial charge in [-0.3, -0.25) is 5.32 Å². The average Bonchev–Trinajstić information content (AvgIpc) is 2.47. The van der Waals surface area contributed by atoms with Crippen molar-refractivity contribution >= 4 is 11.8 Å².